The van der Waals surface area contributed by atoms with Crippen molar-refractivity contribution in [1.82, 2.24) is 0 Å². The molecule has 0 bridgehead atoms. The third kappa shape index (κ3) is 4.91. The monoisotopic (exact) mass is 396 g/mol. The molecule has 8 heteroatoms. The molecule has 4 atom stereocenters. The van der Waals surface area contributed by atoms with Crippen LogP contribution < -0.4 is 0 Å². The van der Waals surface area contributed by atoms with Gasteiger partial charge in [0.1, 0.15) is 6.10 Å². The molecule has 1 fully saturated rings. The van der Waals surface area contributed by atoms with Crippen molar-refractivity contribution in [2.75, 3.05) is 6.61 Å². The number of ether oxygens (including phenoxy) is 2. The van der Waals surface area contributed by atoms with E-state index >= 15 is 0 Å². The number of hydrogen-bond acceptors (Lipinski definition) is 6. The highest BCUT2D eigenvalue weighted by molar-refractivity contribution is 7.86. The van der Waals surface area contributed by atoms with Gasteiger partial charge in [0.15, 0.2) is 18.6 Å². The standard InChI is InChI=1S/C19H21FO6S/c1-13-7-9-15(10-8-13)27(22,23)26-18-17(20)16(25-19(18)21)12-24-11-14-5-3-2-4-6-14/h2-10,16-19,21H,11-12H2,1H3/t16-,17+,18+,19+/m1/s1. The molecular weight excluding hydrogens is 375 g/mol. The Morgan fingerprint density at radius 2 is 1.78 bits per heavy atom. The fourth-order valence-electron chi connectivity index (χ4n) is 2.71. The Hall–Kier alpha value is -1.84. The van der Waals surface area contributed by atoms with E-state index in [1.807, 2.05) is 37.3 Å². The zero-order chi connectivity index (χ0) is 19.4. The summed E-state index contributed by atoms with van der Waals surface area (Å²) >= 11 is 0. The van der Waals surface area contributed by atoms with Crippen molar-refractivity contribution in [3.05, 3.63) is 65.7 Å². The molecule has 1 saturated heterocycles. The summed E-state index contributed by atoms with van der Waals surface area (Å²) in [5.74, 6) is 0. The van der Waals surface area contributed by atoms with Crippen molar-refractivity contribution in [3.63, 3.8) is 0 Å². The van der Waals surface area contributed by atoms with E-state index in [4.69, 9.17) is 13.7 Å². The fraction of sp³-hybridized carbons (Fsp3) is 0.368. The van der Waals surface area contributed by atoms with Crippen LogP contribution in [0, 0.1) is 6.92 Å². The Kier molecular flexibility index (Phi) is 6.23. The number of aliphatic hydroxyl groups is 1. The molecule has 0 amide bonds. The first kappa shape index (κ1) is 19.9. The fourth-order valence-corrected chi connectivity index (χ4v) is 3.78. The number of hydrogen-bond donors (Lipinski definition) is 1. The topological polar surface area (TPSA) is 82.1 Å². The molecular formula is C19H21FO6S. The van der Waals surface area contributed by atoms with Gasteiger partial charge in [0, 0.05) is 0 Å². The third-order valence-corrected chi connectivity index (χ3v) is 5.53. The molecule has 0 radical (unpaired) electrons. The van der Waals surface area contributed by atoms with Gasteiger partial charge in [-0.05, 0) is 24.6 Å². The molecule has 1 aliphatic rings. The molecule has 27 heavy (non-hydrogen) atoms. The Morgan fingerprint density at radius 1 is 1.11 bits per heavy atom. The highest BCUT2D eigenvalue weighted by atomic mass is 32.2. The Bertz CT molecular complexity index is 840. The normalized spacial score (nSPS) is 25.6. The van der Waals surface area contributed by atoms with Crippen LogP contribution in [-0.4, -0.2) is 44.8 Å². The summed E-state index contributed by atoms with van der Waals surface area (Å²) in [6.45, 7) is 1.91. The number of halogens is 1. The lowest BCUT2D eigenvalue weighted by molar-refractivity contribution is -0.133. The lowest BCUT2D eigenvalue weighted by Crippen LogP contribution is -2.35. The van der Waals surface area contributed by atoms with Crippen LogP contribution in [0.25, 0.3) is 0 Å². The van der Waals surface area contributed by atoms with E-state index < -0.39 is 34.8 Å². The first-order valence-corrected chi connectivity index (χ1v) is 9.87. The average molecular weight is 396 g/mol. The predicted molar refractivity (Wildman–Crippen MR) is 95.1 cm³/mol. The maximum absolute atomic E-state index is 14.6. The zero-order valence-electron chi connectivity index (χ0n) is 14.7. The summed E-state index contributed by atoms with van der Waals surface area (Å²) < 4.78 is 54.6. The minimum absolute atomic E-state index is 0.115. The molecule has 146 valence electrons. The zero-order valence-corrected chi connectivity index (χ0v) is 15.5. The second-order valence-electron chi connectivity index (χ2n) is 6.34. The van der Waals surface area contributed by atoms with Crippen molar-refractivity contribution in [2.45, 2.75) is 43.1 Å². The quantitative estimate of drug-likeness (QED) is 0.724. The molecule has 1 heterocycles. The summed E-state index contributed by atoms with van der Waals surface area (Å²) in [4.78, 5) is -0.115. The predicted octanol–water partition coefficient (Wildman–Crippen LogP) is 2.34. The largest absolute Gasteiger partial charge is 0.374 e. The smallest absolute Gasteiger partial charge is 0.297 e. The van der Waals surface area contributed by atoms with Crippen LogP contribution in [0.2, 0.25) is 0 Å². The molecule has 6 nitrogen and oxygen atoms in total. The number of aryl methyl sites for hydroxylation is 1. The van der Waals surface area contributed by atoms with Crippen molar-refractivity contribution in [2.24, 2.45) is 0 Å². The second-order valence-corrected chi connectivity index (χ2v) is 7.91. The summed E-state index contributed by atoms with van der Waals surface area (Å²) in [5, 5.41) is 9.89. The lowest BCUT2D eigenvalue weighted by Gasteiger charge is -2.16. The van der Waals surface area contributed by atoms with Crippen LogP contribution in [0.15, 0.2) is 59.5 Å². The molecule has 0 aliphatic carbocycles. The number of aliphatic hydroxyl groups excluding tert-OH is 1. The second kappa shape index (κ2) is 8.45. The molecule has 2 aromatic rings. The van der Waals surface area contributed by atoms with Gasteiger partial charge in [-0.25, -0.2) is 4.39 Å². The number of alkyl halides is 1. The van der Waals surface area contributed by atoms with Gasteiger partial charge in [0.25, 0.3) is 10.1 Å². The Morgan fingerprint density at radius 3 is 2.44 bits per heavy atom. The van der Waals surface area contributed by atoms with E-state index in [-0.39, 0.29) is 18.1 Å². The van der Waals surface area contributed by atoms with Crippen LogP contribution >= 0.6 is 0 Å². The molecule has 3 rings (SSSR count). The SMILES string of the molecule is Cc1ccc(S(=O)(=O)O[C@H]2[C@@H](F)[C@@H](COCc3ccccc3)O[C@@H]2O)cc1. The molecule has 1 aliphatic heterocycles. The van der Waals surface area contributed by atoms with Gasteiger partial charge in [0.05, 0.1) is 18.1 Å². The van der Waals surface area contributed by atoms with Crippen molar-refractivity contribution in [3.8, 4) is 0 Å². The summed E-state index contributed by atoms with van der Waals surface area (Å²) in [5.41, 5.74) is 1.78. The van der Waals surface area contributed by atoms with Gasteiger partial charge in [0.2, 0.25) is 0 Å². The summed E-state index contributed by atoms with van der Waals surface area (Å²) in [6, 6.07) is 15.2. The highest BCUT2D eigenvalue weighted by Gasteiger charge is 2.47. The van der Waals surface area contributed by atoms with E-state index in [2.05, 4.69) is 0 Å². The minimum atomic E-state index is -4.23. The highest BCUT2D eigenvalue weighted by Crippen LogP contribution is 2.29. The van der Waals surface area contributed by atoms with Gasteiger partial charge in [-0.1, -0.05) is 48.0 Å². The Balaban J connectivity index is 1.59. The van der Waals surface area contributed by atoms with E-state index in [1.54, 1.807) is 12.1 Å². The number of benzene rings is 2. The van der Waals surface area contributed by atoms with E-state index in [9.17, 15) is 17.9 Å². The number of rotatable bonds is 7. The van der Waals surface area contributed by atoms with Crippen LogP contribution in [0.5, 0.6) is 0 Å². The van der Waals surface area contributed by atoms with Gasteiger partial charge < -0.3 is 14.6 Å². The molecule has 0 saturated carbocycles. The van der Waals surface area contributed by atoms with Crippen molar-refractivity contribution in [1.29, 1.82) is 0 Å². The molecule has 0 aromatic heterocycles. The summed E-state index contributed by atoms with van der Waals surface area (Å²) in [7, 11) is -4.23. The van der Waals surface area contributed by atoms with E-state index in [0.29, 0.717) is 0 Å². The van der Waals surface area contributed by atoms with Gasteiger partial charge >= 0.3 is 0 Å². The van der Waals surface area contributed by atoms with Gasteiger partial charge in [-0.2, -0.15) is 8.42 Å². The van der Waals surface area contributed by atoms with E-state index in [0.717, 1.165) is 11.1 Å². The lowest BCUT2D eigenvalue weighted by atomic mass is 10.2. The van der Waals surface area contributed by atoms with Gasteiger partial charge in [-0.3, -0.25) is 4.18 Å². The maximum Gasteiger partial charge on any atom is 0.297 e. The van der Waals surface area contributed by atoms with Crippen LogP contribution in [0.1, 0.15) is 11.1 Å². The van der Waals surface area contributed by atoms with Crippen LogP contribution in [0.4, 0.5) is 4.39 Å². The first-order valence-electron chi connectivity index (χ1n) is 8.46. The van der Waals surface area contributed by atoms with E-state index in [1.165, 1.54) is 12.1 Å². The average Bonchev–Trinajstić information content (AvgIpc) is 2.90. The first-order chi connectivity index (χ1) is 12.9. The Labute approximate surface area is 157 Å². The third-order valence-electron chi connectivity index (χ3n) is 4.21. The van der Waals surface area contributed by atoms with Crippen LogP contribution in [0.3, 0.4) is 0 Å². The molecule has 2 aromatic carbocycles. The minimum Gasteiger partial charge on any atom is -0.374 e. The molecule has 0 unspecified atom stereocenters. The van der Waals surface area contributed by atoms with Crippen molar-refractivity contribution >= 4 is 10.1 Å². The van der Waals surface area contributed by atoms with Gasteiger partial charge in [-0.15, -0.1) is 0 Å². The maximum atomic E-state index is 14.6. The molecule has 1 N–H and O–H groups in total. The molecule has 0 spiro atoms. The van der Waals surface area contributed by atoms with Crippen molar-refractivity contribution < 1.29 is 31.6 Å². The van der Waals surface area contributed by atoms with Crippen LogP contribution in [-0.2, 0) is 30.4 Å². The summed E-state index contributed by atoms with van der Waals surface area (Å²) in [6.07, 6.45) is -6.33.